The number of carbonyl (C=O) groups is 2. The van der Waals surface area contributed by atoms with Crippen molar-refractivity contribution in [1.29, 1.82) is 0 Å². The summed E-state index contributed by atoms with van der Waals surface area (Å²) in [6, 6.07) is 7.75. The molecule has 0 unspecified atom stereocenters. The van der Waals surface area contributed by atoms with E-state index in [4.69, 9.17) is 4.74 Å². The molecule has 2 amide bonds. The van der Waals surface area contributed by atoms with Gasteiger partial charge in [-0.3, -0.25) is 10.1 Å². The van der Waals surface area contributed by atoms with Gasteiger partial charge in [-0.25, -0.2) is 4.79 Å². The quantitative estimate of drug-likeness (QED) is 0.930. The van der Waals surface area contributed by atoms with Gasteiger partial charge in [0.25, 0.3) is 0 Å². The van der Waals surface area contributed by atoms with Crippen LogP contribution in [0.25, 0.3) is 0 Å². The number of carbonyl (C=O) groups excluding carboxylic acids is 2. The van der Waals surface area contributed by atoms with Crippen molar-refractivity contribution in [2.24, 2.45) is 5.92 Å². The van der Waals surface area contributed by atoms with E-state index in [1.165, 1.54) is 5.56 Å². The molecule has 0 radical (unpaired) electrons. The van der Waals surface area contributed by atoms with Gasteiger partial charge in [0.2, 0.25) is 5.91 Å². The molecule has 2 rings (SSSR count). The van der Waals surface area contributed by atoms with Crippen LogP contribution in [0.5, 0.6) is 0 Å². The van der Waals surface area contributed by atoms with Gasteiger partial charge in [-0.2, -0.15) is 0 Å². The van der Waals surface area contributed by atoms with Crippen molar-refractivity contribution in [3.05, 3.63) is 29.8 Å². The minimum atomic E-state index is -0.418. The number of nitrogens with one attached hydrogen (secondary N) is 1. The second-order valence-electron chi connectivity index (χ2n) is 5.72. The molecule has 1 heterocycles. The molecule has 0 aliphatic carbocycles. The first kappa shape index (κ1) is 16.3. The maximum Gasteiger partial charge on any atom is 0.411 e. The molecule has 5 nitrogen and oxygen atoms in total. The van der Waals surface area contributed by atoms with Crippen LogP contribution in [0, 0.1) is 5.92 Å². The zero-order valence-electron chi connectivity index (χ0n) is 13.3. The Labute approximate surface area is 131 Å². The molecule has 1 aromatic carbocycles. The topological polar surface area (TPSA) is 58.6 Å². The van der Waals surface area contributed by atoms with Crippen molar-refractivity contribution < 1.29 is 14.3 Å². The lowest BCUT2D eigenvalue weighted by Crippen LogP contribution is -2.38. The van der Waals surface area contributed by atoms with Crippen molar-refractivity contribution >= 4 is 17.7 Å². The van der Waals surface area contributed by atoms with Crippen molar-refractivity contribution in [3.8, 4) is 0 Å². The molecule has 0 spiro atoms. The summed E-state index contributed by atoms with van der Waals surface area (Å²) >= 11 is 0. The maximum absolute atomic E-state index is 11.8. The fourth-order valence-electron chi connectivity index (χ4n) is 2.59. The summed E-state index contributed by atoms with van der Waals surface area (Å²) in [5, 5.41) is 2.73. The van der Waals surface area contributed by atoms with Gasteiger partial charge >= 0.3 is 6.09 Å². The summed E-state index contributed by atoms with van der Waals surface area (Å²) < 4.78 is 5.28. The SMILES string of the molecule is CCc1ccc(NC(=O)OCC2CCN(C(C)=O)CC2)cc1. The van der Waals surface area contributed by atoms with Crippen LogP contribution in [0.15, 0.2) is 24.3 Å². The van der Waals surface area contributed by atoms with Crippen LogP contribution in [0.3, 0.4) is 0 Å². The third-order valence-corrected chi connectivity index (χ3v) is 4.12. The van der Waals surface area contributed by atoms with Crippen LogP contribution in [0.1, 0.15) is 32.3 Å². The Morgan fingerprint density at radius 3 is 2.41 bits per heavy atom. The maximum atomic E-state index is 11.8. The predicted molar refractivity (Wildman–Crippen MR) is 85.8 cm³/mol. The Hall–Kier alpha value is -2.04. The van der Waals surface area contributed by atoms with Crippen LogP contribution in [0.2, 0.25) is 0 Å². The van der Waals surface area contributed by atoms with Crippen LogP contribution in [-0.2, 0) is 16.0 Å². The molecular weight excluding hydrogens is 280 g/mol. The van der Waals surface area contributed by atoms with E-state index < -0.39 is 6.09 Å². The fourth-order valence-corrected chi connectivity index (χ4v) is 2.59. The molecule has 1 aliphatic rings. The summed E-state index contributed by atoms with van der Waals surface area (Å²) in [5.74, 6) is 0.455. The number of ether oxygens (including phenoxy) is 1. The lowest BCUT2D eigenvalue weighted by Gasteiger charge is -2.30. The van der Waals surface area contributed by atoms with Crippen molar-refractivity contribution in [3.63, 3.8) is 0 Å². The Kier molecular flexibility index (Phi) is 5.81. The molecule has 1 saturated heterocycles. The highest BCUT2D eigenvalue weighted by atomic mass is 16.5. The molecule has 1 aliphatic heterocycles. The lowest BCUT2D eigenvalue weighted by atomic mass is 9.98. The minimum Gasteiger partial charge on any atom is -0.449 e. The summed E-state index contributed by atoms with van der Waals surface area (Å²) in [4.78, 5) is 24.9. The van der Waals surface area contributed by atoms with Gasteiger partial charge in [0, 0.05) is 25.7 Å². The Morgan fingerprint density at radius 2 is 1.86 bits per heavy atom. The van der Waals surface area contributed by atoms with E-state index in [0.29, 0.717) is 12.5 Å². The van der Waals surface area contributed by atoms with Crippen LogP contribution < -0.4 is 5.32 Å². The standard InChI is InChI=1S/C17H24N2O3/c1-3-14-4-6-16(7-5-14)18-17(21)22-12-15-8-10-19(11-9-15)13(2)20/h4-7,15H,3,8-12H2,1-2H3,(H,18,21). The van der Waals surface area contributed by atoms with Gasteiger partial charge in [0.15, 0.2) is 0 Å². The fraction of sp³-hybridized carbons (Fsp3) is 0.529. The lowest BCUT2D eigenvalue weighted by molar-refractivity contribution is -0.130. The Bertz CT molecular complexity index is 505. The molecular formula is C17H24N2O3. The number of nitrogens with zero attached hydrogens (tertiary/aromatic N) is 1. The third kappa shape index (κ3) is 4.76. The van der Waals surface area contributed by atoms with E-state index in [1.54, 1.807) is 6.92 Å². The van der Waals surface area contributed by atoms with E-state index in [-0.39, 0.29) is 5.91 Å². The average Bonchev–Trinajstić information content (AvgIpc) is 2.54. The molecule has 1 aromatic rings. The van der Waals surface area contributed by atoms with E-state index in [1.807, 2.05) is 29.2 Å². The molecule has 1 fully saturated rings. The van der Waals surface area contributed by atoms with E-state index in [2.05, 4.69) is 12.2 Å². The zero-order valence-corrected chi connectivity index (χ0v) is 13.3. The highest BCUT2D eigenvalue weighted by Gasteiger charge is 2.21. The first-order valence-corrected chi connectivity index (χ1v) is 7.86. The Balaban J connectivity index is 1.70. The van der Waals surface area contributed by atoms with Crippen LogP contribution in [0.4, 0.5) is 10.5 Å². The molecule has 1 N–H and O–H groups in total. The highest BCUT2D eigenvalue weighted by molar-refractivity contribution is 5.84. The number of anilines is 1. The zero-order chi connectivity index (χ0) is 15.9. The number of hydrogen-bond donors (Lipinski definition) is 1. The molecule has 5 heteroatoms. The summed E-state index contributed by atoms with van der Waals surface area (Å²) in [5.41, 5.74) is 1.98. The Morgan fingerprint density at radius 1 is 1.23 bits per heavy atom. The molecule has 22 heavy (non-hydrogen) atoms. The van der Waals surface area contributed by atoms with Crippen molar-refractivity contribution in [1.82, 2.24) is 4.90 Å². The summed E-state index contributed by atoms with van der Waals surface area (Å²) in [7, 11) is 0. The van der Waals surface area contributed by atoms with Gasteiger partial charge in [0.1, 0.15) is 0 Å². The number of hydrogen-bond acceptors (Lipinski definition) is 3. The number of piperidine rings is 1. The number of benzene rings is 1. The molecule has 120 valence electrons. The van der Waals surface area contributed by atoms with Crippen molar-refractivity contribution in [2.45, 2.75) is 33.1 Å². The van der Waals surface area contributed by atoms with Crippen molar-refractivity contribution in [2.75, 3.05) is 25.0 Å². The molecule has 0 aromatic heterocycles. The number of rotatable bonds is 4. The largest absolute Gasteiger partial charge is 0.449 e. The van der Waals surface area contributed by atoms with Gasteiger partial charge < -0.3 is 9.64 Å². The first-order chi connectivity index (χ1) is 10.6. The second-order valence-corrected chi connectivity index (χ2v) is 5.72. The second kappa shape index (κ2) is 7.82. The summed E-state index contributed by atoms with van der Waals surface area (Å²) in [6.07, 6.45) is 2.33. The van der Waals surface area contributed by atoms with E-state index >= 15 is 0 Å². The number of aryl methyl sites for hydroxylation is 1. The number of amides is 2. The van der Waals surface area contributed by atoms with Gasteiger partial charge in [0.05, 0.1) is 6.61 Å². The molecule has 0 atom stereocenters. The number of likely N-dealkylation sites (tertiary alicyclic amines) is 1. The van der Waals surface area contributed by atoms with E-state index in [9.17, 15) is 9.59 Å². The molecule has 0 saturated carbocycles. The van der Waals surface area contributed by atoms with Crippen LogP contribution in [-0.4, -0.2) is 36.6 Å². The van der Waals surface area contributed by atoms with Crippen LogP contribution >= 0.6 is 0 Å². The summed E-state index contributed by atoms with van der Waals surface area (Å²) in [6.45, 7) is 5.60. The van der Waals surface area contributed by atoms with Gasteiger partial charge in [-0.1, -0.05) is 19.1 Å². The monoisotopic (exact) mass is 304 g/mol. The molecule has 0 bridgehead atoms. The minimum absolute atomic E-state index is 0.118. The predicted octanol–water partition coefficient (Wildman–Crippen LogP) is 3.06. The normalized spacial score (nSPS) is 15.5. The van der Waals surface area contributed by atoms with Gasteiger partial charge in [-0.15, -0.1) is 0 Å². The highest BCUT2D eigenvalue weighted by Crippen LogP contribution is 2.18. The average molecular weight is 304 g/mol. The third-order valence-electron chi connectivity index (χ3n) is 4.12. The first-order valence-electron chi connectivity index (χ1n) is 7.86. The van der Waals surface area contributed by atoms with E-state index in [0.717, 1.165) is 38.0 Å². The van der Waals surface area contributed by atoms with Gasteiger partial charge in [-0.05, 0) is 42.9 Å². The smallest absolute Gasteiger partial charge is 0.411 e.